The van der Waals surface area contributed by atoms with Gasteiger partial charge in [0, 0.05) is 25.8 Å². The minimum Gasteiger partial charge on any atom is -0.385 e. The molecule has 1 rings (SSSR count). The standard InChI is InChI=1S/C14H19FN2O/c1-18-9-4-2-3-8-17-11-13-7-5-6-12(10-16)14(13)15/h5-7,17H,2-4,8-9,11H2,1H3. The second-order valence-electron chi connectivity index (χ2n) is 4.12. The maximum Gasteiger partial charge on any atom is 0.145 e. The van der Waals surface area contributed by atoms with Gasteiger partial charge in [0.2, 0.25) is 0 Å². The molecule has 0 unspecified atom stereocenters. The van der Waals surface area contributed by atoms with Crippen LogP contribution in [0.15, 0.2) is 18.2 Å². The van der Waals surface area contributed by atoms with Crippen molar-refractivity contribution in [1.82, 2.24) is 5.32 Å². The van der Waals surface area contributed by atoms with Crippen LogP contribution in [-0.2, 0) is 11.3 Å². The van der Waals surface area contributed by atoms with Crippen LogP contribution in [0.4, 0.5) is 4.39 Å². The molecule has 0 fully saturated rings. The van der Waals surface area contributed by atoms with Gasteiger partial charge in [-0.25, -0.2) is 4.39 Å². The average molecular weight is 250 g/mol. The second-order valence-corrected chi connectivity index (χ2v) is 4.12. The molecule has 0 aliphatic heterocycles. The predicted molar refractivity (Wildman–Crippen MR) is 68.5 cm³/mol. The van der Waals surface area contributed by atoms with Crippen molar-refractivity contribution >= 4 is 0 Å². The van der Waals surface area contributed by atoms with Gasteiger partial charge in [0.25, 0.3) is 0 Å². The van der Waals surface area contributed by atoms with Crippen LogP contribution < -0.4 is 5.32 Å². The van der Waals surface area contributed by atoms with Crippen LogP contribution in [-0.4, -0.2) is 20.3 Å². The molecular formula is C14H19FN2O. The topological polar surface area (TPSA) is 45.0 Å². The Labute approximate surface area is 108 Å². The van der Waals surface area contributed by atoms with Crippen LogP contribution in [0.25, 0.3) is 0 Å². The van der Waals surface area contributed by atoms with Crippen molar-refractivity contribution in [3.63, 3.8) is 0 Å². The average Bonchev–Trinajstić information content (AvgIpc) is 2.39. The molecule has 1 N–H and O–H groups in total. The molecule has 0 atom stereocenters. The third-order valence-electron chi connectivity index (χ3n) is 2.72. The molecule has 0 saturated heterocycles. The first-order valence-corrected chi connectivity index (χ1v) is 6.16. The number of ether oxygens (including phenoxy) is 1. The molecule has 0 saturated carbocycles. The van der Waals surface area contributed by atoms with Gasteiger partial charge in [-0.1, -0.05) is 12.1 Å². The number of nitrogens with zero attached hydrogens (tertiary/aromatic N) is 1. The molecule has 3 nitrogen and oxygen atoms in total. The lowest BCUT2D eigenvalue weighted by Crippen LogP contribution is -2.16. The zero-order valence-electron chi connectivity index (χ0n) is 10.7. The van der Waals surface area contributed by atoms with Crippen LogP contribution in [0.1, 0.15) is 30.4 Å². The fourth-order valence-electron chi connectivity index (χ4n) is 1.70. The summed E-state index contributed by atoms with van der Waals surface area (Å²) in [7, 11) is 1.70. The molecule has 1 aromatic rings. The molecular weight excluding hydrogens is 231 g/mol. The highest BCUT2D eigenvalue weighted by atomic mass is 19.1. The van der Waals surface area contributed by atoms with Crippen LogP contribution in [0, 0.1) is 17.1 Å². The number of halogens is 1. The molecule has 0 heterocycles. The van der Waals surface area contributed by atoms with Gasteiger partial charge in [-0.15, -0.1) is 0 Å². The quantitative estimate of drug-likeness (QED) is 0.721. The summed E-state index contributed by atoms with van der Waals surface area (Å²) in [5, 5.41) is 11.9. The third kappa shape index (κ3) is 4.82. The summed E-state index contributed by atoms with van der Waals surface area (Å²) >= 11 is 0. The number of hydrogen-bond donors (Lipinski definition) is 1. The summed E-state index contributed by atoms with van der Waals surface area (Å²) in [4.78, 5) is 0. The van der Waals surface area contributed by atoms with Gasteiger partial charge in [-0.05, 0) is 31.9 Å². The second kappa shape index (κ2) is 8.62. The first kappa shape index (κ1) is 14.6. The molecule has 1 aromatic carbocycles. The van der Waals surface area contributed by atoms with Crippen molar-refractivity contribution in [1.29, 1.82) is 5.26 Å². The van der Waals surface area contributed by atoms with E-state index < -0.39 is 5.82 Å². The monoisotopic (exact) mass is 250 g/mol. The van der Waals surface area contributed by atoms with Gasteiger partial charge >= 0.3 is 0 Å². The van der Waals surface area contributed by atoms with Gasteiger partial charge in [0.15, 0.2) is 0 Å². The number of nitriles is 1. The number of unbranched alkanes of at least 4 members (excludes halogenated alkanes) is 2. The maximum atomic E-state index is 13.7. The van der Waals surface area contributed by atoms with Crippen LogP contribution >= 0.6 is 0 Å². The minimum absolute atomic E-state index is 0.106. The Balaban J connectivity index is 2.26. The van der Waals surface area contributed by atoms with E-state index in [2.05, 4.69) is 5.32 Å². The molecule has 4 heteroatoms. The van der Waals surface area contributed by atoms with E-state index in [1.165, 1.54) is 6.07 Å². The van der Waals surface area contributed by atoms with Gasteiger partial charge < -0.3 is 10.1 Å². The lowest BCUT2D eigenvalue weighted by atomic mass is 10.1. The highest BCUT2D eigenvalue weighted by Crippen LogP contribution is 2.11. The zero-order chi connectivity index (χ0) is 13.2. The minimum atomic E-state index is -0.410. The number of methoxy groups -OCH3 is 1. The van der Waals surface area contributed by atoms with Crippen molar-refractivity contribution in [2.45, 2.75) is 25.8 Å². The molecule has 0 radical (unpaired) electrons. The van der Waals surface area contributed by atoms with E-state index in [-0.39, 0.29) is 5.56 Å². The summed E-state index contributed by atoms with van der Waals surface area (Å²) in [6.45, 7) is 2.10. The van der Waals surface area contributed by atoms with E-state index >= 15 is 0 Å². The summed E-state index contributed by atoms with van der Waals surface area (Å²) in [5.74, 6) is -0.410. The highest BCUT2D eigenvalue weighted by molar-refractivity contribution is 5.34. The first-order chi connectivity index (χ1) is 8.79. The summed E-state index contributed by atoms with van der Waals surface area (Å²) in [6.07, 6.45) is 3.20. The lowest BCUT2D eigenvalue weighted by molar-refractivity contribution is 0.192. The molecule has 0 spiro atoms. The smallest absolute Gasteiger partial charge is 0.145 e. The van der Waals surface area contributed by atoms with Gasteiger partial charge in [0.1, 0.15) is 11.9 Å². The molecule has 0 aliphatic carbocycles. The van der Waals surface area contributed by atoms with Crippen molar-refractivity contribution in [2.24, 2.45) is 0 Å². The van der Waals surface area contributed by atoms with Crippen molar-refractivity contribution in [3.05, 3.63) is 35.1 Å². The summed E-state index contributed by atoms with van der Waals surface area (Å²) in [5.41, 5.74) is 0.653. The van der Waals surface area contributed by atoms with E-state index in [0.717, 1.165) is 32.4 Å². The maximum absolute atomic E-state index is 13.7. The van der Waals surface area contributed by atoms with Crippen LogP contribution in [0.2, 0.25) is 0 Å². The Morgan fingerprint density at radius 3 is 2.89 bits per heavy atom. The van der Waals surface area contributed by atoms with E-state index in [9.17, 15) is 4.39 Å². The predicted octanol–water partition coefficient (Wildman–Crippen LogP) is 2.60. The number of nitrogens with one attached hydrogen (secondary N) is 1. The Kier molecular flexibility index (Phi) is 7.00. The van der Waals surface area contributed by atoms with E-state index in [0.29, 0.717) is 12.1 Å². The van der Waals surface area contributed by atoms with Gasteiger partial charge in [0.05, 0.1) is 5.56 Å². The van der Waals surface area contributed by atoms with Crippen LogP contribution in [0.3, 0.4) is 0 Å². The Hall–Kier alpha value is -1.44. The molecule has 0 amide bonds. The fourth-order valence-corrected chi connectivity index (χ4v) is 1.70. The highest BCUT2D eigenvalue weighted by Gasteiger charge is 2.06. The van der Waals surface area contributed by atoms with Crippen molar-refractivity contribution in [3.8, 4) is 6.07 Å². The zero-order valence-corrected chi connectivity index (χ0v) is 10.7. The number of benzene rings is 1. The van der Waals surface area contributed by atoms with E-state index in [1.54, 1.807) is 19.2 Å². The third-order valence-corrected chi connectivity index (χ3v) is 2.72. The molecule has 18 heavy (non-hydrogen) atoms. The number of rotatable bonds is 8. The normalized spacial score (nSPS) is 10.3. The molecule has 0 aromatic heterocycles. The molecule has 0 aliphatic rings. The van der Waals surface area contributed by atoms with Gasteiger partial charge in [-0.2, -0.15) is 5.26 Å². The van der Waals surface area contributed by atoms with Crippen LogP contribution in [0.5, 0.6) is 0 Å². The molecule has 98 valence electrons. The Bertz CT molecular complexity index is 401. The van der Waals surface area contributed by atoms with E-state index in [1.807, 2.05) is 6.07 Å². The first-order valence-electron chi connectivity index (χ1n) is 6.16. The SMILES string of the molecule is COCCCCCNCc1cccc(C#N)c1F. The largest absolute Gasteiger partial charge is 0.385 e. The lowest BCUT2D eigenvalue weighted by Gasteiger charge is -2.06. The van der Waals surface area contributed by atoms with E-state index in [4.69, 9.17) is 10.00 Å². The Morgan fingerprint density at radius 1 is 1.33 bits per heavy atom. The number of hydrogen-bond acceptors (Lipinski definition) is 3. The summed E-state index contributed by atoms with van der Waals surface area (Å²) in [6, 6.07) is 6.74. The Morgan fingerprint density at radius 2 is 2.17 bits per heavy atom. The van der Waals surface area contributed by atoms with Gasteiger partial charge in [-0.3, -0.25) is 0 Å². The molecule has 0 bridgehead atoms. The summed E-state index contributed by atoms with van der Waals surface area (Å²) < 4.78 is 18.6. The van der Waals surface area contributed by atoms with Crippen molar-refractivity contribution in [2.75, 3.05) is 20.3 Å². The van der Waals surface area contributed by atoms with Crippen molar-refractivity contribution < 1.29 is 9.13 Å². The fraction of sp³-hybridized carbons (Fsp3) is 0.500.